The maximum absolute atomic E-state index is 12.6. The zero-order valence-corrected chi connectivity index (χ0v) is 12.4. The number of hydrogen-bond acceptors (Lipinski definition) is 3. The van der Waals surface area contributed by atoms with Gasteiger partial charge < -0.3 is 9.80 Å². The van der Waals surface area contributed by atoms with E-state index in [0.717, 1.165) is 38.6 Å². The second kappa shape index (κ2) is 5.82. The fourth-order valence-electron chi connectivity index (χ4n) is 3.15. The largest absolute Gasteiger partial charge is 0.342 e. The number of nitriles is 1. The van der Waals surface area contributed by atoms with Crippen molar-refractivity contribution in [2.45, 2.75) is 51.0 Å². The van der Waals surface area contributed by atoms with E-state index in [0.29, 0.717) is 13.0 Å². The molecule has 5 nitrogen and oxygen atoms in total. The minimum Gasteiger partial charge on any atom is -0.342 e. The van der Waals surface area contributed by atoms with Crippen LogP contribution in [0.15, 0.2) is 0 Å². The quantitative estimate of drug-likeness (QED) is 0.786. The Labute approximate surface area is 120 Å². The van der Waals surface area contributed by atoms with E-state index >= 15 is 0 Å². The number of carbonyl (C=O) groups excluding carboxylic acids is 2. The van der Waals surface area contributed by atoms with Gasteiger partial charge in [-0.05, 0) is 32.1 Å². The highest BCUT2D eigenvalue weighted by atomic mass is 16.2. The van der Waals surface area contributed by atoms with Gasteiger partial charge in [-0.25, -0.2) is 0 Å². The van der Waals surface area contributed by atoms with Crippen LogP contribution in [0, 0.1) is 17.2 Å². The lowest BCUT2D eigenvalue weighted by molar-refractivity contribution is -0.144. The summed E-state index contributed by atoms with van der Waals surface area (Å²) >= 11 is 0. The van der Waals surface area contributed by atoms with Gasteiger partial charge in [-0.15, -0.1) is 0 Å². The number of amides is 2. The average molecular weight is 277 g/mol. The molecule has 1 aliphatic carbocycles. The molecule has 0 bridgehead atoms. The lowest BCUT2D eigenvalue weighted by Crippen LogP contribution is -2.56. The number of carbonyl (C=O) groups is 2. The Morgan fingerprint density at radius 1 is 1.40 bits per heavy atom. The van der Waals surface area contributed by atoms with Gasteiger partial charge in [-0.3, -0.25) is 9.59 Å². The molecule has 2 rings (SSSR count). The van der Waals surface area contributed by atoms with Crippen molar-refractivity contribution in [1.82, 2.24) is 9.80 Å². The third kappa shape index (κ3) is 2.52. The first-order chi connectivity index (χ1) is 9.54. The van der Waals surface area contributed by atoms with E-state index in [9.17, 15) is 14.9 Å². The number of hydrogen-bond donors (Lipinski definition) is 0. The molecule has 0 spiro atoms. The zero-order chi connectivity index (χ0) is 14.8. The van der Waals surface area contributed by atoms with E-state index in [1.54, 1.807) is 16.8 Å². The SMILES string of the molecule is CCC(=O)N1CCCC(C(=O)N(C)C2(C#N)CCC2)C1. The molecule has 2 amide bonds. The summed E-state index contributed by atoms with van der Waals surface area (Å²) in [6.07, 6.45) is 4.73. The predicted octanol–water partition coefficient (Wildman–Crippen LogP) is 1.54. The lowest BCUT2D eigenvalue weighted by Gasteiger charge is -2.45. The summed E-state index contributed by atoms with van der Waals surface area (Å²) in [5.41, 5.74) is -0.589. The Bertz CT molecular complexity index is 437. The molecule has 0 aromatic rings. The van der Waals surface area contributed by atoms with E-state index in [2.05, 4.69) is 6.07 Å². The van der Waals surface area contributed by atoms with Crippen molar-refractivity contribution >= 4 is 11.8 Å². The van der Waals surface area contributed by atoms with Crippen LogP contribution >= 0.6 is 0 Å². The molecule has 0 aromatic carbocycles. The van der Waals surface area contributed by atoms with Gasteiger partial charge in [-0.1, -0.05) is 6.92 Å². The van der Waals surface area contributed by atoms with Gasteiger partial charge in [0.05, 0.1) is 12.0 Å². The Hall–Kier alpha value is -1.57. The van der Waals surface area contributed by atoms with Gasteiger partial charge in [-0.2, -0.15) is 5.26 Å². The summed E-state index contributed by atoms with van der Waals surface area (Å²) in [5.74, 6) is -0.00118. The van der Waals surface area contributed by atoms with E-state index in [-0.39, 0.29) is 17.7 Å². The molecule has 1 atom stereocenters. The van der Waals surface area contributed by atoms with Crippen molar-refractivity contribution in [2.75, 3.05) is 20.1 Å². The monoisotopic (exact) mass is 277 g/mol. The number of nitrogens with zero attached hydrogens (tertiary/aromatic N) is 3. The third-order valence-corrected chi connectivity index (χ3v) is 4.79. The molecule has 0 aromatic heterocycles. The van der Waals surface area contributed by atoms with Crippen LogP contribution in [-0.2, 0) is 9.59 Å². The predicted molar refractivity (Wildman–Crippen MR) is 74.6 cm³/mol. The highest BCUT2D eigenvalue weighted by Crippen LogP contribution is 2.37. The molecular weight excluding hydrogens is 254 g/mol. The van der Waals surface area contributed by atoms with Crippen LogP contribution in [0.5, 0.6) is 0 Å². The van der Waals surface area contributed by atoms with Crippen molar-refractivity contribution in [3.05, 3.63) is 0 Å². The Balaban J connectivity index is 2.02. The highest BCUT2D eigenvalue weighted by Gasteiger charge is 2.45. The minimum atomic E-state index is -0.589. The normalized spacial score (nSPS) is 24.4. The van der Waals surface area contributed by atoms with Gasteiger partial charge in [0.2, 0.25) is 11.8 Å². The summed E-state index contributed by atoms with van der Waals surface area (Å²) in [6, 6.07) is 2.30. The zero-order valence-electron chi connectivity index (χ0n) is 12.4. The van der Waals surface area contributed by atoms with E-state index in [4.69, 9.17) is 0 Å². The topological polar surface area (TPSA) is 64.4 Å². The fourth-order valence-corrected chi connectivity index (χ4v) is 3.15. The van der Waals surface area contributed by atoms with Crippen molar-refractivity contribution in [2.24, 2.45) is 5.92 Å². The van der Waals surface area contributed by atoms with E-state index < -0.39 is 5.54 Å². The van der Waals surface area contributed by atoms with Crippen LogP contribution in [0.2, 0.25) is 0 Å². The minimum absolute atomic E-state index is 0.0276. The standard InChI is InChI=1S/C15H23N3O2/c1-3-13(19)18-9-4-6-12(10-18)14(20)17(2)15(11-16)7-5-8-15/h12H,3-10H2,1-2H3. The smallest absolute Gasteiger partial charge is 0.228 e. The Morgan fingerprint density at radius 3 is 2.60 bits per heavy atom. The van der Waals surface area contributed by atoms with Crippen LogP contribution in [0.1, 0.15) is 45.4 Å². The second-order valence-corrected chi connectivity index (χ2v) is 5.93. The molecule has 5 heteroatoms. The highest BCUT2D eigenvalue weighted by molar-refractivity contribution is 5.82. The molecule has 20 heavy (non-hydrogen) atoms. The Morgan fingerprint density at radius 2 is 2.10 bits per heavy atom. The molecule has 1 unspecified atom stereocenters. The summed E-state index contributed by atoms with van der Waals surface area (Å²) in [7, 11) is 1.74. The number of rotatable bonds is 3. The van der Waals surface area contributed by atoms with Crippen LogP contribution in [0.4, 0.5) is 0 Å². The molecule has 0 N–H and O–H groups in total. The van der Waals surface area contributed by atoms with Crippen molar-refractivity contribution in [3.63, 3.8) is 0 Å². The second-order valence-electron chi connectivity index (χ2n) is 5.93. The van der Waals surface area contributed by atoms with Gasteiger partial charge in [0.25, 0.3) is 0 Å². The molecule has 110 valence electrons. The fraction of sp³-hybridized carbons (Fsp3) is 0.800. The number of likely N-dealkylation sites (tertiary alicyclic amines) is 1. The van der Waals surface area contributed by atoms with Crippen molar-refractivity contribution in [1.29, 1.82) is 5.26 Å². The molecule has 1 heterocycles. The molecule has 1 aliphatic heterocycles. The van der Waals surface area contributed by atoms with Gasteiger partial charge in [0.15, 0.2) is 0 Å². The summed E-state index contributed by atoms with van der Waals surface area (Å²) in [6.45, 7) is 3.11. The maximum Gasteiger partial charge on any atom is 0.228 e. The summed E-state index contributed by atoms with van der Waals surface area (Å²) in [4.78, 5) is 27.8. The third-order valence-electron chi connectivity index (χ3n) is 4.79. The van der Waals surface area contributed by atoms with Gasteiger partial charge in [0.1, 0.15) is 5.54 Å². The first-order valence-corrected chi connectivity index (χ1v) is 7.51. The molecule has 1 saturated carbocycles. The first kappa shape index (κ1) is 14.8. The molecular formula is C15H23N3O2. The average Bonchev–Trinajstić information content (AvgIpc) is 2.45. The summed E-state index contributed by atoms with van der Waals surface area (Å²) < 4.78 is 0. The number of piperidine rings is 1. The summed E-state index contributed by atoms with van der Waals surface area (Å²) in [5, 5.41) is 9.32. The molecule has 2 fully saturated rings. The first-order valence-electron chi connectivity index (χ1n) is 7.51. The lowest BCUT2D eigenvalue weighted by atomic mass is 9.76. The van der Waals surface area contributed by atoms with Crippen molar-refractivity contribution < 1.29 is 9.59 Å². The molecule has 2 aliphatic rings. The van der Waals surface area contributed by atoms with Crippen LogP contribution in [-0.4, -0.2) is 47.3 Å². The molecule has 1 saturated heterocycles. The Kier molecular flexibility index (Phi) is 4.32. The van der Waals surface area contributed by atoms with E-state index in [1.807, 2.05) is 6.92 Å². The van der Waals surface area contributed by atoms with E-state index in [1.165, 1.54) is 0 Å². The maximum atomic E-state index is 12.6. The van der Waals surface area contributed by atoms with Crippen molar-refractivity contribution in [3.8, 4) is 6.07 Å². The van der Waals surface area contributed by atoms with Gasteiger partial charge >= 0.3 is 0 Å². The van der Waals surface area contributed by atoms with Crippen LogP contribution in [0.3, 0.4) is 0 Å². The van der Waals surface area contributed by atoms with Gasteiger partial charge in [0, 0.05) is 26.6 Å². The molecule has 0 radical (unpaired) electrons. The van der Waals surface area contributed by atoms with Crippen LogP contribution < -0.4 is 0 Å². The van der Waals surface area contributed by atoms with Crippen LogP contribution in [0.25, 0.3) is 0 Å².